The second-order valence-corrected chi connectivity index (χ2v) is 6.55. The van der Waals surface area contributed by atoms with E-state index in [1.165, 1.54) is 25.7 Å². The number of aromatic nitrogens is 2. The average Bonchev–Trinajstić information content (AvgIpc) is 3.16. The Kier molecular flexibility index (Phi) is 4.60. The summed E-state index contributed by atoms with van der Waals surface area (Å²) in [5.74, 6) is 2.17. The van der Waals surface area contributed by atoms with Gasteiger partial charge in [0.1, 0.15) is 0 Å². The lowest BCUT2D eigenvalue weighted by molar-refractivity contribution is 0.405. The van der Waals surface area contributed by atoms with Gasteiger partial charge >= 0.3 is 0 Å². The van der Waals surface area contributed by atoms with Crippen LogP contribution in [0, 0.1) is 0 Å². The van der Waals surface area contributed by atoms with E-state index in [-0.39, 0.29) is 0 Å². The van der Waals surface area contributed by atoms with E-state index in [0.717, 1.165) is 28.1 Å². The summed E-state index contributed by atoms with van der Waals surface area (Å²) < 4.78 is 5.24. The number of hydrogen-bond donors (Lipinski definition) is 1. The van der Waals surface area contributed by atoms with Gasteiger partial charge in [-0.1, -0.05) is 30.1 Å². The molecule has 1 saturated carbocycles. The molecule has 0 atom stereocenters. The number of rotatable bonds is 5. The van der Waals surface area contributed by atoms with E-state index < -0.39 is 0 Å². The fourth-order valence-corrected chi connectivity index (χ4v) is 3.58. The van der Waals surface area contributed by atoms with Crippen molar-refractivity contribution in [3.05, 3.63) is 41.5 Å². The van der Waals surface area contributed by atoms with Crippen LogP contribution in [0.5, 0.6) is 0 Å². The Balaban J connectivity index is 1.55. The minimum Gasteiger partial charge on any atom is -0.399 e. The molecule has 1 aliphatic carbocycles. The lowest BCUT2D eigenvalue weighted by Gasteiger charge is -2.04. The molecule has 2 aromatic rings. The monoisotopic (exact) mass is 301 g/mol. The molecule has 5 heteroatoms. The normalized spacial score (nSPS) is 16.0. The van der Waals surface area contributed by atoms with Crippen LogP contribution < -0.4 is 5.73 Å². The Morgan fingerprint density at radius 1 is 1.19 bits per heavy atom. The molecule has 1 aromatic heterocycles. The highest BCUT2D eigenvalue weighted by Crippen LogP contribution is 2.31. The van der Waals surface area contributed by atoms with Gasteiger partial charge in [0.05, 0.1) is 5.75 Å². The van der Waals surface area contributed by atoms with E-state index in [4.69, 9.17) is 10.3 Å². The number of anilines is 1. The fraction of sp³-hybridized carbons (Fsp3) is 0.375. The first-order valence-electron chi connectivity index (χ1n) is 7.27. The Morgan fingerprint density at radius 3 is 2.71 bits per heavy atom. The summed E-state index contributed by atoms with van der Waals surface area (Å²) in [7, 11) is 0. The number of benzene rings is 1. The van der Waals surface area contributed by atoms with E-state index in [9.17, 15) is 0 Å². The largest absolute Gasteiger partial charge is 0.399 e. The van der Waals surface area contributed by atoms with Crippen molar-refractivity contribution in [1.29, 1.82) is 0 Å². The predicted molar refractivity (Wildman–Crippen MR) is 87.6 cm³/mol. The van der Waals surface area contributed by atoms with Crippen molar-refractivity contribution in [2.45, 2.75) is 36.7 Å². The molecule has 3 rings (SSSR count). The second-order valence-electron chi connectivity index (χ2n) is 5.27. The molecule has 0 amide bonds. The first kappa shape index (κ1) is 14.2. The number of nitrogens with two attached hydrogens (primary N) is 1. The predicted octanol–water partition coefficient (Wildman–Crippen LogP) is 4.00. The third kappa shape index (κ3) is 4.11. The van der Waals surface area contributed by atoms with Crippen molar-refractivity contribution in [1.82, 2.24) is 10.1 Å². The summed E-state index contributed by atoms with van der Waals surface area (Å²) in [6.45, 7) is 0. The summed E-state index contributed by atoms with van der Waals surface area (Å²) in [6.07, 6.45) is 9.15. The molecule has 4 nitrogen and oxygen atoms in total. The minimum atomic E-state index is 0.550. The van der Waals surface area contributed by atoms with Gasteiger partial charge in [-0.2, -0.15) is 16.7 Å². The zero-order chi connectivity index (χ0) is 14.5. The maximum atomic E-state index is 5.66. The number of nitrogen functional groups attached to an aromatic ring is 1. The highest BCUT2D eigenvalue weighted by molar-refractivity contribution is 7.99. The van der Waals surface area contributed by atoms with Crippen molar-refractivity contribution >= 4 is 29.6 Å². The van der Waals surface area contributed by atoms with E-state index >= 15 is 0 Å². The van der Waals surface area contributed by atoms with Crippen LogP contribution in [-0.2, 0) is 5.75 Å². The molecule has 0 saturated heterocycles. The Morgan fingerprint density at radius 2 is 1.95 bits per heavy atom. The van der Waals surface area contributed by atoms with E-state index in [1.807, 2.05) is 48.2 Å². The van der Waals surface area contributed by atoms with Crippen molar-refractivity contribution in [2.24, 2.45) is 0 Å². The van der Waals surface area contributed by atoms with Gasteiger partial charge in [0.25, 0.3) is 5.89 Å². The molecule has 1 heterocycles. The zero-order valence-corrected chi connectivity index (χ0v) is 12.7. The van der Waals surface area contributed by atoms with Gasteiger partial charge in [-0.05, 0) is 36.6 Å². The maximum absolute atomic E-state index is 5.66. The summed E-state index contributed by atoms with van der Waals surface area (Å²) in [4.78, 5) is 4.39. The molecule has 0 radical (unpaired) electrons. The van der Waals surface area contributed by atoms with Crippen LogP contribution in [0.1, 0.15) is 43.0 Å². The second kappa shape index (κ2) is 6.80. The van der Waals surface area contributed by atoms with Gasteiger partial charge in [-0.15, -0.1) is 0 Å². The van der Waals surface area contributed by atoms with Crippen molar-refractivity contribution < 1.29 is 4.52 Å². The fourth-order valence-electron chi connectivity index (χ4n) is 2.42. The van der Waals surface area contributed by atoms with Gasteiger partial charge < -0.3 is 10.3 Å². The van der Waals surface area contributed by atoms with Gasteiger partial charge in [0, 0.05) is 17.0 Å². The molecular weight excluding hydrogens is 282 g/mol. The Labute approximate surface area is 128 Å². The first-order chi connectivity index (χ1) is 10.3. The molecule has 0 unspecified atom stereocenters. The maximum Gasteiger partial charge on any atom is 0.250 e. The molecule has 1 fully saturated rings. The van der Waals surface area contributed by atoms with Gasteiger partial charge in [0.2, 0.25) is 0 Å². The van der Waals surface area contributed by atoms with Crippen LogP contribution in [0.2, 0.25) is 0 Å². The minimum absolute atomic E-state index is 0.550. The summed E-state index contributed by atoms with van der Waals surface area (Å²) >= 11 is 1.94. The third-order valence-corrected chi connectivity index (χ3v) is 4.96. The number of hydrogen-bond acceptors (Lipinski definition) is 5. The van der Waals surface area contributed by atoms with Gasteiger partial charge in [-0.3, -0.25) is 0 Å². The topological polar surface area (TPSA) is 64.9 Å². The summed E-state index contributed by atoms with van der Waals surface area (Å²) in [5.41, 5.74) is 7.47. The quantitative estimate of drug-likeness (QED) is 0.846. The molecule has 110 valence electrons. The standard InChI is InChI=1S/C16H19N3OS/c17-13-8-5-12(6-9-13)7-10-16-18-15(19-20-16)11-21-14-3-1-2-4-14/h5-10,14H,1-4,11,17H2/b10-7+. The SMILES string of the molecule is Nc1ccc(/C=C/c2nc(CSC3CCCC3)no2)cc1. The average molecular weight is 301 g/mol. The number of nitrogens with zero attached hydrogens (tertiary/aromatic N) is 2. The van der Waals surface area contributed by atoms with Crippen molar-refractivity contribution in [3.8, 4) is 0 Å². The lowest BCUT2D eigenvalue weighted by atomic mass is 10.2. The van der Waals surface area contributed by atoms with E-state index in [1.54, 1.807) is 0 Å². The summed E-state index contributed by atoms with van der Waals surface area (Å²) in [6, 6.07) is 7.66. The molecule has 1 aromatic carbocycles. The smallest absolute Gasteiger partial charge is 0.250 e. The molecule has 0 bridgehead atoms. The summed E-state index contributed by atoms with van der Waals surface area (Å²) in [5, 5.41) is 4.80. The van der Waals surface area contributed by atoms with Crippen LogP contribution in [0.4, 0.5) is 5.69 Å². The molecule has 2 N–H and O–H groups in total. The van der Waals surface area contributed by atoms with Crippen LogP contribution in [0.3, 0.4) is 0 Å². The van der Waals surface area contributed by atoms with Crippen LogP contribution in [0.15, 0.2) is 28.8 Å². The highest BCUT2D eigenvalue weighted by atomic mass is 32.2. The van der Waals surface area contributed by atoms with Crippen molar-refractivity contribution in [2.75, 3.05) is 5.73 Å². The zero-order valence-electron chi connectivity index (χ0n) is 11.9. The molecule has 21 heavy (non-hydrogen) atoms. The Bertz CT molecular complexity index is 600. The first-order valence-corrected chi connectivity index (χ1v) is 8.32. The third-order valence-electron chi connectivity index (χ3n) is 3.59. The highest BCUT2D eigenvalue weighted by Gasteiger charge is 2.16. The van der Waals surface area contributed by atoms with E-state index in [2.05, 4.69) is 10.1 Å². The van der Waals surface area contributed by atoms with Crippen LogP contribution in [0.25, 0.3) is 12.2 Å². The number of thioether (sulfide) groups is 1. The lowest BCUT2D eigenvalue weighted by Crippen LogP contribution is -1.95. The van der Waals surface area contributed by atoms with Gasteiger partial charge in [-0.25, -0.2) is 0 Å². The van der Waals surface area contributed by atoms with Crippen LogP contribution in [-0.4, -0.2) is 15.4 Å². The van der Waals surface area contributed by atoms with Crippen LogP contribution >= 0.6 is 11.8 Å². The molecular formula is C16H19N3OS. The Hall–Kier alpha value is -1.75. The molecule has 0 aliphatic heterocycles. The van der Waals surface area contributed by atoms with E-state index in [0.29, 0.717) is 5.89 Å². The molecule has 0 spiro atoms. The van der Waals surface area contributed by atoms with Crippen molar-refractivity contribution in [3.63, 3.8) is 0 Å². The molecule has 1 aliphatic rings. The van der Waals surface area contributed by atoms with Gasteiger partial charge in [0.15, 0.2) is 5.82 Å².